The summed E-state index contributed by atoms with van der Waals surface area (Å²) in [7, 11) is 1.84. The maximum absolute atomic E-state index is 11.5. The second-order valence-corrected chi connectivity index (χ2v) is 4.44. The molecule has 94 valence electrons. The van der Waals surface area contributed by atoms with Gasteiger partial charge in [-0.3, -0.25) is 9.48 Å². The van der Waals surface area contributed by atoms with E-state index in [1.807, 2.05) is 13.2 Å². The van der Waals surface area contributed by atoms with E-state index in [4.69, 9.17) is 16.3 Å². The summed E-state index contributed by atoms with van der Waals surface area (Å²) in [5, 5.41) is 4.57. The molecule has 1 heterocycles. The van der Waals surface area contributed by atoms with Crippen molar-refractivity contribution >= 4 is 17.4 Å². The summed E-state index contributed by atoms with van der Waals surface area (Å²) >= 11 is 5.86. The zero-order valence-corrected chi connectivity index (χ0v) is 10.9. The molecule has 0 aliphatic rings. The van der Waals surface area contributed by atoms with Gasteiger partial charge in [-0.05, 0) is 25.1 Å². The smallest absolute Gasteiger partial charge is 0.163 e. The summed E-state index contributed by atoms with van der Waals surface area (Å²) in [4.78, 5) is 11.5. The number of nitrogens with zero attached hydrogens (tertiary/aromatic N) is 2. The van der Waals surface area contributed by atoms with Gasteiger partial charge in [-0.15, -0.1) is 0 Å². The van der Waals surface area contributed by atoms with Gasteiger partial charge in [0, 0.05) is 23.8 Å². The molecule has 18 heavy (non-hydrogen) atoms. The SMILES string of the molecule is CC(=O)c1cc(Cl)ccc1OCc1cnn(C)c1. The molecule has 2 aromatic rings. The van der Waals surface area contributed by atoms with Gasteiger partial charge in [0.2, 0.25) is 0 Å². The number of carbonyl (C=O) groups is 1. The lowest BCUT2D eigenvalue weighted by Gasteiger charge is -2.09. The summed E-state index contributed by atoms with van der Waals surface area (Å²) in [6, 6.07) is 5.02. The van der Waals surface area contributed by atoms with E-state index in [1.54, 1.807) is 29.1 Å². The van der Waals surface area contributed by atoms with Crippen molar-refractivity contribution in [1.82, 2.24) is 9.78 Å². The van der Waals surface area contributed by atoms with Crippen molar-refractivity contribution in [2.45, 2.75) is 13.5 Å². The molecular formula is C13H13ClN2O2. The van der Waals surface area contributed by atoms with Crippen LogP contribution < -0.4 is 4.74 Å². The summed E-state index contributed by atoms with van der Waals surface area (Å²) in [6.07, 6.45) is 3.59. The molecule has 0 bridgehead atoms. The number of Topliss-reactive ketones (excluding diaryl/α,β-unsaturated/α-hetero) is 1. The number of ketones is 1. The van der Waals surface area contributed by atoms with Crippen LogP contribution in [0.15, 0.2) is 30.6 Å². The average molecular weight is 265 g/mol. The Kier molecular flexibility index (Phi) is 3.67. The van der Waals surface area contributed by atoms with Crippen LogP contribution in [0.1, 0.15) is 22.8 Å². The van der Waals surface area contributed by atoms with Gasteiger partial charge >= 0.3 is 0 Å². The lowest BCUT2D eigenvalue weighted by Crippen LogP contribution is -2.01. The molecule has 0 unspecified atom stereocenters. The number of ether oxygens (including phenoxy) is 1. The molecule has 0 saturated carbocycles. The lowest BCUT2D eigenvalue weighted by molar-refractivity contribution is 0.101. The number of hydrogen-bond donors (Lipinski definition) is 0. The minimum atomic E-state index is -0.0707. The van der Waals surface area contributed by atoms with E-state index in [2.05, 4.69) is 5.10 Å². The van der Waals surface area contributed by atoms with Gasteiger partial charge in [-0.2, -0.15) is 5.10 Å². The van der Waals surface area contributed by atoms with Crippen LogP contribution in [0.3, 0.4) is 0 Å². The molecular weight excluding hydrogens is 252 g/mol. The van der Waals surface area contributed by atoms with E-state index in [9.17, 15) is 4.79 Å². The first kappa shape index (κ1) is 12.6. The Morgan fingerprint density at radius 2 is 2.28 bits per heavy atom. The molecule has 4 nitrogen and oxygen atoms in total. The van der Waals surface area contributed by atoms with Crippen molar-refractivity contribution in [3.05, 3.63) is 46.7 Å². The predicted molar refractivity (Wildman–Crippen MR) is 69.0 cm³/mol. The summed E-state index contributed by atoms with van der Waals surface area (Å²) < 4.78 is 7.32. The number of hydrogen-bond acceptors (Lipinski definition) is 3. The molecule has 0 fully saturated rings. The van der Waals surface area contributed by atoms with Crippen LogP contribution in [-0.2, 0) is 13.7 Å². The Bertz CT molecular complexity index is 578. The Morgan fingerprint density at radius 1 is 1.50 bits per heavy atom. The van der Waals surface area contributed by atoms with Gasteiger partial charge in [-0.1, -0.05) is 11.6 Å². The minimum Gasteiger partial charge on any atom is -0.488 e. The maximum Gasteiger partial charge on any atom is 0.163 e. The highest BCUT2D eigenvalue weighted by molar-refractivity contribution is 6.31. The molecule has 1 aromatic carbocycles. The first-order valence-corrected chi connectivity index (χ1v) is 5.85. The van der Waals surface area contributed by atoms with Crippen LogP contribution in [0.5, 0.6) is 5.75 Å². The highest BCUT2D eigenvalue weighted by Gasteiger charge is 2.09. The molecule has 0 radical (unpaired) electrons. The molecule has 0 aliphatic carbocycles. The van der Waals surface area contributed by atoms with Crippen molar-refractivity contribution < 1.29 is 9.53 Å². The average Bonchev–Trinajstić information content (AvgIpc) is 2.73. The standard InChI is InChI=1S/C13H13ClN2O2/c1-9(17)12-5-11(14)3-4-13(12)18-8-10-6-15-16(2)7-10/h3-7H,8H2,1-2H3. The van der Waals surface area contributed by atoms with Gasteiger partial charge in [-0.25, -0.2) is 0 Å². The van der Waals surface area contributed by atoms with Gasteiger partial charge in [0.25, 0.3) is 0 Å². The van der Waals surface area contributed by atoms with Crippen molar-refractivity contribution in [2.75, 3.05) is 0 Å². The van der Waals surface area contributed by atoms with Gasteiger partial charge in [0.05, 0.1) is 11.8 Å². The largest absolute Gasteiger partial charge is 0.488 e. The summed E-state index contributed by atoms with van der Waals surface area (Å²) in [6.45, 7) is 1.86. The molecule has 0 aliphatic heterocycles. The zero-order valence-electron chi connectivity index (χ0n) is 10.2. The quantitative estimate of drug-likeness (QED) is 0.798. The van der Waals surface area contributed by atoms with E-state index in [-0.39, 0.29) is 5.78 Å². The molecule has 5 heteroatoms. The Labute approximate surface area is 110 Å². The van der Waals surface area contributed by atoms with Crippen molar-refractivity contribution in [3.63, 3.8) is 0 Å². The van der Waals surface area contributed by atoms with Crippen LogP contribution in [0.4, 0.5) is 0 Å². The fourth-order valence-electron chi connectivity index (χ4n) is 1.61. The third-order valence-corrected chi connectivity index (χ3v) is 2.71. The molecule has 0 spiro atoms. The van der Waals surface area contributed by atoms with E-state index in [0.29, 0.717) is 22.9 Å². The summed E-state index contributed by atoms with van der Waals surface area (Å²) in [5.41, 5.74) is 1.44. The minimum absolute atomic E-state index is 0.0707. The predicted octanol–water partition coefficient (Wildman–Crippen LogP) is 2.86. The normalized spacial score (nSPS) is 10.4. The fourth-order valence-corrected chi connectivity index (χ4v) is 1.78. The number of benzene rings is 1. The Hall–Kier alpha value is -1.81. The molecule has 0 N–H and O–H groups in total. The first-order chi connectivity index (χ1) is 8.56. The van der Waals surface area contributed by atoms with E-state index in [0.717, 1.165) is 5.56 Å². The number of halogens is 1. The van der Waals surface area contributed by atoms with Crippen molar-refractivity contribution in [2.24, 2.45) is 7.05 Å². The van der Waals surface area contributed by atoms with Crippen LogP contribution >= 0.6 is 11.6 Å². The molecule has 0 atom stereocenters. The monoisotopic (exact) mass is 264 g/mol. The van der Waals surface area contributed by atoms with E-state index >= 15 is 0 Å². The topological polar surface area (TPSA) is 44.1 Å². The lowest BCUT2D eigenvalue weighted by atomic mass is 10.1. The Morgan fingerprint density at radius 3 is 2.89 bits per heavy atom. The molecule has 0 saturated heterocycles. The van der Waals surface area contributed by atoms with Crippen LogP contribution in [0.2, 0.25) is 5.02 Å². The van der Waals surface area contributed by atoms with E-state index in [1.165, 1.54) is 6.92 Å². The van der Waals surface area contributed by atoms with Crippen molar-refractivity contribution in [1.29, 1.82) is 0 Å². The second kappa shape index (κ2) is 5.23. The second-order valence-electron chi connectivity index (χ2n) is 4.01. The molecule has 1 aromatic heterocycles. The number of aromatic nitrogens is 2. The fraction of sp³-hybridized carbons (Fsp3) is 0.231. The van der Waals surface area contributed by atoms with Crippen molar-refractivity contribution in [3.8, 4) is 5.75 Å². The maximum atomic E-state index is 11.5. The number of carbonyl (C=O) groups excluding carboxylic acids is 1. The third kappa shape index (κ3) is 2.90. The van der Waals surface area contributed by atoms with Gasteiger partial charge < -0.3 is 4.74 Å². The third-order valence-electron chi connectivity index (χ3n) is 2.47. The van der Waals surface area contributed by atoms with Gasteiger partial charge in [0.1, 0.15) is 12.4 Å². The first-order valence-electron chi connectivity index (χ1n) is 5.47. The van der Waals surface area contributed by atoms with Crippen LogP contribution in [0, 0.1) is 0 Å². The van der Waals surface area contributed by atoms with Gasteiger partial charge in [0.15, 0.2) is 5.78 Å². The number of rotatable bonds is 4. The molecule has 2 rings (SSSR count). The highest BCUT2D eigenvalue weighted by Crippen LogP contribution is 2.24. The Balaban J connectivity index is 2.16. The zero-order chi connectivity index (χ0) is 13.1. The number of aryl methyl sites for hydroxylation is 1. The van der Waals surface area contributed by atoms with E-state index < -0.39 is 0 Å². The molecule has 0 amide bonds. The summed E-state index contributed by atoms with van der Waals surface area (Å²) in [5.74, 6) is 0.467. The van der Waals surface area contributed by atoms with Crippen LogP contribution in [0.25, 0.3) is 0 Å². The van der Waals surface area contributed by atoms with Crippen LogP contribution in [-0.4, -0.2) is 15.6 Å². The highest BCUT2D eigenvalue weighted by atomic mass is 35.5.